The van der Waals surface area contributed by atoms with Crippen LogP contribution < -0.4 is 0 Å². The van der Waals surface area contributed by atoms with Crippen LogP contribution in [0.25, 0.3) is 33.4 Å². The van der Waals surface area contributed by atoms with Gasteiger partial charge in [-0.2, -0.15) is 8.42 Å². The largest absolute Gasteiger partial charge is 0.359 e. The van der Waals surface area contributed by atoms with Crippen molar-refractivity contribution in [3.63, 3.8) is 0 Å². The molecule has 0 fully saturated rings. The molecule has 4 aromatic rings. The maximum atomic E-state index is 13.0. The Balaban J connectivity index is 1.82. The fraction of sp³-hybridized carbons (Fsp3) is 0.273. The Morgan fingerprint density at radius 2 is 0.837 bits per heavy atom. The van der Waals surface area contributed by atoms with Gasteiger partial charge in [0, 0.05) is 32.5 Å². The van der Waals surface area contributed by atoms with Gasteiger partial charge in [-0.25, -0.2) is 0 Å². The summed E-state index contributed by atoms with van der Waals surface area (Å²) >= 11 is 0. The summed E-state index contributed by atoms with van der Waals surface area (Å²) in [7, 11) is 0.0275. The minimum atomic E-state index is -4.65. The van der Waals surface area contributed by atoms with Gasteiger partial charge in [-0.1, -0.05) is 72.8 Å². The highest BCUT2D eigenvalue weighted by Crippen LogP contribution is 2.40. The van der Waals surface area contributed by atoms with E-state index in [0.717, 1.165) is 27.8 Å². The summed E-state index contributed by atoms with van der Waals surface area (Å²) in [5.41, 5.74) is 6.40. The third-order valence-corrected chi connectivity index (χ3v) is 7.53. The number of ether oxygens (including phenoxy) is 6. The molecule has 0 aliphatic heterocycles. The van der Waals surface area contributed by atoms with Crippen LogP contribution in [-0.2, 0) is 58.4 Å². The average molecular weight is 609 g/mol. The van der Waals surface area contributed by atoms with Crippen molar-refractivity contribution < 1.29 is 41.4 Å². The second-order valence-corrected chi connectivity index (χ2v) is 11.1. The van der Waals surface area contributed by atoms with Gasteiger partial charge in [0.2, 0.25) is 0 Å². The SMILES string of the molecule is COCOCc1ccc(-c2cc(-c3ccc(COCOC)cc3)c(S(=O)(=O)O)c(-c3ccc(COCOC)cc3)c2)cc1. The monoisotopic (exact) mass is 608 g/mol. The van der Waals surface area contributed by atoms with E-state index < -0.39 is 10.1 Å². The maximum absolute atomic E-state index is 13.0. The van der Waals surface area contributed by atoms with E-state index in [9.17, 15) is 13.0 Å². The van der Waals surface area contributed by atoms with E-state index in [0.29, 0.717) is 42.1 Å². The molecule has 0 saturated carbocycles. The molecule has 9 nitrogen and oxygen atoms in total. The molecule has 0 heterocycles. The molecular formula is C33H36O9S. The average Bonchev–Trinajstić information content (AvgIpc) is 3.01. The molecule has 10 heteroatoms. The summed E-state index contributed by atoms with van der Waals surface area (Å²) in [6.07, 6.45) is 0. The Labute approximate surface area is 252 Å². The topological polar surface area (TPSA) is 110 Å². The van der Waals surface area contributed by atoms with Crippen LogP contribution in [0.5, 0.6) is 0 Å². The fourth-order valence-corrected chi connectivity index (χ4v) is 5.49. The molecule has 43 heavy (non-hydrogen) atoms. The van der Waals surface area contributed by atoms with Crippen LogP contribution in [0.4, 0.5) is 0 Å². The van der Waals surface area contributed by atoms with Crippen LogP contribution in [0.15, 0.2) is 89.8 Å². The van der Waals surface area contributed by atoms with Gasteiger partial charge < -0.3 is 28.4 Å². The molecular weight excluding hydrogens is 572 g/mol. The molecule has 0 unspecified atom stereocenters. The minimum Gasteiger partial charge on any atom is -0.359 e. The molecule has 4 aromatic carbocycles. The van der Waals surface area contributed by atoms with Crippen molar-refractivity contribution in [1.82, 2.24) is 0 Å². The highest BCUT2D eigenvalue weighted by atomic mass is 32.2. The number of hydrogen-bond donors (Lipinski definition) is 1. The zero-order chi connectivity index (χ0) is 30.7. The van der Waals surface area contributed by atoms with Gasteiger partial charge in [0.15, 0.2) is 0 Å². The van der Waals surface area contributed by atoms with E-state index in [1.165, 1.54) is 0 Å². The lowest BCUT2D eigenvalue weighted by molar-refractivity contribution is -0.0391. The van der Waals surface area contributed by atoms with E-state index >= 15 is 0 Å². The Morgan fingerprint density at radius 1 is 0.512 bits per heavy atom. The smallest absolute Gasteiger partial charge is 0.295 e. The van der Waals surface area contributed by atoms with E-state index in [1.54, 1.807) is 33.5 Å². The van der Waals surface area contributed by atoms with Crippen LogP contribution >= 0.6 is 0 Å². The van der Waals surface area contributed by atoms with E-state index in [4.69, 9.17) is 28.4 Å². The van der Waals surface area contributed by atoms with E-state index in [1.807, 2.05) is 72.8 Å². The summed E-state index contributed by atoms with van der Waals surface area (Å²) in [5.74, 6) is 0. The molecule has 0 spiro atoms. The second kappa shape index (κ2) is 15.9. The zero-order valence-corrected chi connectivity index (χ0v) is 25.3. The highest BCUT2D eigenvalue weighted by Gasteiger charge is 2.24. The lowest BCUT2D eigenvalue weighted by Gasteiger charge is -2.17. The van der Waals surface area contributed by atoms with Crippen LogP contribution in [0.2, 0.25) is 0 Å². The lowest BCUT2D eigenvalue weighted by atomic mass is 9.92. The Bertz CT molecular complexity index is 1480. The molecule has 0 bridgehead atoms. The third-order valence-electron chi connectivity index (χ3n) is 6.57. The molecule has 0 aliphatic carbocycles. The van der Waals surface area contributed by atoms with Gasteiger partial charge in [-0.3, -0.25) is 4.55 Å². The molecule has 0 saturated heterocycles. The van der Waals surface area contributed by atoms with Crippen LogP contribution in [0.1, 0.15) is 16.7 Å². The molecule has 1 N–H and O–H groups in total. The first-order chi connectivity index (χ1) is 20.8. The summed E-state index contributed by atoms with van der Waals surface area (Å²) in [6.45, 7) is 1.59. The Hall–Kier alpha value is -3.45. The van der Waals surface area contributed by atoms with Gasteiger partial charge in [-0.15, -0.1) is 0 Å². The first-order valence-electron chi connectivity index (χ1n) is 13.5. The quantitative estimate of drug-likeness (QED) is 0.0891. The van der Waals surface area contributed by atoms with Crippen LogP contribution in [-0.4, -0.2) is 54.7 Å². The normalized spacial score (nSPS) is 11.6. The van der Waals surface area contributed by atoms with Crippen molar-refractivity contribution in [3.05, 3.63) is 102 Å². The Morgan fingerprint density at radius 3 is 1.14 bits per heavy atom. The number of rotatable bonds is 16. The zero-order valence-electron chi connectivity index (χ0n) is 24.4. The summed E-state index contributed by atoms with van der Waals surface area (Å²) in [5, 5.41) is 0. The standard InChI is InChI=1S/C33H36O9S/c1-37-21-40-18-24-4-10-27(11-5-24)30-16-31(28-12-6-25(7-13-28)19-41-22-38-2)33(43(34,35)36)32(17-30)29-14-8-26(9-15-29)20-42-23-39-3/h4-17H,18-23H2,1-3H3,(H,34,35,36). The summed E-state index contributed by atoms with van der Waals surface area (Å²) in [6, 6.07) is 26.1. The van der Waals surface area contributed by atoms with Crippen molar-refractivity contribution in [2.45, 2.75) is 24.7 Å². The van der Waals surface area contributed by atoms with E-state index in [-0.39, 0.29) is 25.3 Å². The van der Waals surface area contributed by atoms with Crippen molar-refractivity contribution in [3.8, 4) is 33.4 Å². The lowest BCUT2D eigenvalue weighted by Crippen LogP contribution is -2.05. The molecule has 4 rings (SSSR count). The summed E-state index contributed by atoms with van der Waals surface area (Å²) in [4.78, 5) is -0.174. The predicted molar refractivity (Wildman–Crippen MR) is 163 cm³/mol. The second-order valence-electron chi connectivity index (χ2n) is 9.73. The molecule has 228 valence electrons. The van der Waals surface area contributed by atoms with Gasteiger partial charge in [0.05, 0.1) is 19.8 Å². The molecule has 0 atom stereocenters. The highest BCUT2D eigenvalue weighted by molar-refractivity contribution is 7.86. The summed E-state index contributed by atoms with van der Waals surface area (Å²) < 4.78 is 67.7. The number of benzene rings is 4. The van der Waals surface area contributed by atoms with Crippen molar-refractivity contribution >= 4 is 10.1 Å². The first kappa shape index (κ1) is 32.5. The molecule has 0 radical (unpaired) electrons. The van der Waals surface area contributed by atoms with E-state index in [2.05, 4.69) is 0 Å². The fourth-order valence-electron chi connectivity index (χ4n) is 4.59. The molecule has 0 aliphatic rings. The first-order valence-corrected chi connectivity index (χ1v) is 14.9. The van der Waals surface area contributed by atoms with Gasteiger partial charge in [0.1, 0.15) is 25.3 Å². The van der Waals surface area contributed by atoms with Gasteiger partial charge >= 0.3 is 0 Å². The molecule has 0 amide bonds. The van der Waals surface area contributed by atoms with Crippen molar-refractivity contribution in [2.75, 3.05) is 41.7 Å². The Kier molecular flexibility index (Phi) is 12.0. The van der Waals surface area contributed by atoms with Crippen LogP contribution in [0, 0.1) is 0 Å². The van der Waals surface area contributed by atoms with Crippen molar-refractivity contribution in [2.24, 2.45) is 0 Å². The third kappa shape index (κ3) is 9.02. The maximum Gasteiger partial charge on any atom is 0.295 e. The number of hydrogen-bond acceptors (Lipinski definition) is 8. The number of methoxy groups -OCH3 is 3. The van der Waals surface area contributed by atoms with Gasteiger partial charge in [-0.05, 0) is 51.1 Å². The van der Waals surface area contributed by atoms with Crippen LogP contribution in [0.3, 0.4) is 0 Å². The van der Waals surface area contributed by atoms with Gasteiger partial charge in [0.25, 0.3) is 10.1 Å². The minimum absolute atomic E-state index is 0.161. The van der Waals surface area contributed by atoms with Crippen molar-refractivity contribution in [1.29, 1.82) is 0 Å². The molecule has 0 aromatic heterocycles. The predicted octanol–water partition coefficient (Wildman–Crippen LogP) is 6.30.